The van der Waals surface area contributed by atoms with Gasteiger partial charge < -0.3 is 19.9 Å². The van der Waals surface area contributed by atoms with Crippen LogP contribution in [0.3, 0.4) is 0 Å². The summed E-state index contributed by atoms with van der Waals surface area (Å²) >= 11 is 0. The lowest BCUT2D eigenvalue weighted by Gasteiger charge is -2.41. The van der Waals surface area contributed by atoms with Gasteiger partial charge in [0.25, 0.3) is 0 Å². The van der Waals surface area contributed by atoms with E-state index in [9.17, 15) is 4.79 Å². The van der Waals surface area contributed by atoms with Crippen LogP contribution in [0.2, 0.25) is 0 Å². The molecular weight excluding hydrogens is 290 g/mol. The fourth-order valence-corrected chi connectivity index (χ4v) is 4.26. The van der Waals surface area contributed by atoms with Gasteiger partial charge in [-0.15, -0.1) is 0 Å². The normalized spacial score (nSPS) is 26.5. The molecule has 2 amide bonds. The molecular formula is C18H27N3O2. The summed E-state index contributed by atoms with van der Waals surface area (Å²) in [5.41, 5.74) is 1.88. The number of rotatable bonds is 3. The number of nitrogens with one attached hydrogen (secondary N) is 1. The largest absolute Gasteiger partial charge is 0.497 e. The number of anilines is 1. The molecule has 0 spiro atoms. The summed E-state index contributed by atoms with van der Waals surface area (Å²) < 4.78 is 5.25. The van der Waals surface area contributed by atoms with Crippen LogP contribution in [0.25, 0.3) is 0 Å². The number of piperidine rings is 1. The van der Waals surface area contributed by atoms with E-state index in [-0.39, 0.29) is 6.03 Å². The van der Waals surface area contributed by atoms with Gasteiger partial charge in [0, 0.05) is 30.9 Å². The molecule has 3 rings (SSSR count). The smallest absolute Gasteiger partial charge is 0.321 e. The van der Waals surface area contributed by atoms with E-state index >= 15 is 0 Å². The Morgan fingerprint density at radius 2 is 1.91 bits per heavy atom. The van der Waals surface area contributed by atoms with Gasteiger partial charge in [0.1, 0.15) is 5.75 Å². The first-order valence-corrected chi connectivity index (χ1v) is 8.36. The van der Waals surface area contributed by atoms with Crippen LogP contribution in [0.15, 0.2) is 18.2 Å². The van der Waals surface area contributed by atoms with Gasteiger partial charge in [0.2, 0.25) is 0 Å². The number of ether oxygens (including phenoxy) is 1. The number of urea groups is 1. The number of fused-ring (bicyclic) bond motifs is 2. The molecule has 0 aromatic heterocycles. The average Bonchev–Trinajstić information content (AvgIpc) is 2.80. The number of benzene rings is 1. The number of carbonyl (C=O) groups excluding carboxylic acids is 1. The fraction of sp³-hybridized carbons (Fsp3) is 0.611. The Balaban J connectivity index is 1.69. The maximum Gasteiger partial charge on any atom is 0.321 e. The minimum absolute atomic E-state index is 0.00968. The first-order valence-electron chi connectivity index (χ1n) is 8.36. The van der Waals surface area contributed by atoms with E-state index in [1.54, 1.807) is 7.11 Å². The molecule has 23 heavy (non-hydrogen) atoms. The third-order valence-electron chi connectivity index (χ3n) is 5.35. The Labute approximate surface area is 138 Å². The quantitative estimate of drug-likeness (QED) is 0.932. The Hall–Kier alpha value is -1.75. The van der Waals surface area contributed by atoms with E-state index in [4.69, 9.17) is 4.74 Å². The highest BCUT2D eigenvalue weighted by Gasteiger charge is 2.44. The van der Waals surface area contributed by atoms with E-state index in [0.29, 0.717) is 17.9 Å². The fourth-order valence-electron chi connectivity index (χ4n) is 4.26. The van der Waals surface area contributed by atoms with Crippen LogP contribution in [0, 0.1) is 18.8 Å². The van der Waals surface area contributed by atoms with E-state index in [1.165, 1.54) is 12.8 Å². The van der Waals surface area contributed by atoms with Crippen LogP contribution >= 0.6 is 0 Å². The van der Waals surface area contributed by atoms with Crippen LogP contribution in [0.4, 0.5) is 10.5 Å². The Morgan fingerprint density at radius 3 is 2.48 bits per heavy atom. The second-order valence-electron chi connectivity index (χ2n) is 7.07. The lowest BCUT2D eigenvalue weighted by molar-refractivity contribution is 0.0953. The molecule has 5 nitrogen and oxygen atoms in total. The molecule has 1 aliphatic heterocycles. The third kappa shape index (κ3) is 3.15. The van der Waals surface area contributed by atoms with Crippen molar-refractivity contribution in [1.82, 2.24) is 9.80 Å². The van der Waals surface area contributed by atoms with Gasteiger partial charge in [-0.2, -0.15) is 0 Å². The number of likely N-dealkylation sites (tertiary alicyclic amines) is 1. The van der Waals surface area contributed by atoms with Gasteiger partial charge in [-0.1, -0.05) is 6.07 Å². The topological polar surface area (TPSA) is 44.8 Å². The third-order valence-corrected chi connectivity index (χ3v) is 5.35. The predicted molar refractivity (Wildman–Crippen MR) is 92.0 cm³/mol. The number of hydrogen-bond donors (Lipinski definition) is 1. The number of hydrogen-bond acceptors (Lipinski definition) is 3. The van der Waals surface area contributed by atoms with Crippen LogP contribution in [0.1, 0.15) is 18.4 Å². The molecule has 1 saturated carbocycles. The van der Waals surface area contributed by atoms with Gasteiger partial charge in [0.15, 0.2) is 0 Å². The molecule has 2 bridgehead atoms. The maximum absolute atomic E-state index is 12.7. The molecule has 1 heterocycles. The van der Waals surface area contributed by atoms with E-state index in [1.807, 2.05) is 30.0 Å². The zero-order valence-electron chi connectivity index (χ0n) is 14.5. The van der Waals surface area contributed by atoms with Crippen molar-refractivity contribution < 1.29 is 9.53 Å². The first kappa shape index (κ1) is 16.1. The highest BCUT2D eigenvalue weighted by atomic mass is 16.5. The number of carbonyl (C=O) groups is 1. The zero-order valence-corrected chi connectivity index (χ0v) is 14.5. The second-order valence-corrected chi connectivity index (χ2v) is 7.07. The summed E-state index contributed by atoms with van der Waals surface area (Å²) in [6, 6.07) is 6.39. The molecule has 1 N–H and O–H groups in total. The highest BCUT2D eigenvalue weighted by molar-refractivity contribution is 5.90. The summed E-state index contributed by atoms with van der Waals surface area (Å²) in [6.07, 6.45) is 2.46. The number of amides is 2. The van der Waals surface area contributed by atoms with Crippen LogP contribution in [-0.4, -0.2) is 56.2 Å². The van der Waals surface area contributed by atoms with Gasteiger partial charge in [-0.3, -0.25) is 0 Å². The Kier molecular flexibility index (Phi) is 4.48. The minimum atomic E-state index is 0.00968. The van der Waals surface area contributed by atoms with Crippen molar-refractivity contribution in [3.63, 3.8) is 0 Å². The van der Waals surface area contributed by atoms with Crippen molar-refractivity contribution >= 4 is 11.7 Å². The van der Waals surface area contributed by atoms with Crippen molar-refractivity contribution in [2.75, 3.05) is 39.6 Å². The van der Waals surface area contributed by atoms with Crippen LogP contribution in [0.5, 0.6) is 5.75 Å². The Morgan fingerprint density at radius 1 is 1.26 bits per heavy atom. The lowest BCUT2D eigenvalue weighted by atomic mass is 9.91. The van der Waals surface area contributed by atoms with E-state index in [2.05, 4.69) is 24.3 Å². The highest BCUT2D eigenvalue weighted by Crippen LogP contribution is 2.39. The van der Waals surface area contributed by atoms with Crippen LogP contribution < -0.4 is 10.1 Å². The predicted octanol–water partition coefficient (Wildman–Crippen LogP) is 2.81. The molecule has 1 unspecified atom stereocenters. The molecule has 2 fully saturated rings. The Bertz CT molecular complexity index is 574. The zero-order chi connectivity index (χ0) is 16.6. The molecule has 5 heteroatoms. The summed E-state index contributed by atoms with van der Waals surface area (Å²) in [6.45, 7) is 3.71. The number of methoxy groups -OCH3 is 1. The standard InChI is InChI=1S/C18H27N3O2/c1-12-5-8-15(23-4)9-16(12)19-18(22)21-10-13-6-7-14(11-21)17(13)20(2)3/h5,8-9,13-14,17H,6-7,10-11H2,1-4H3,(H,19,22)/t13-,14+,17?. The van der Waals surface area contributed by atoms with Crippen molar-refractivity contribution in [3.8, 4) is 5.75 Å². The summed E-state index contributed by atoms with van der Waals surface area (Å²) in [5, 5.41) is 3.06. The number of aryl methyl sites for hydroxylation is 1. The SMILES string of the molecule is COc1ccc(C)c(NC(=O)N2C[C@H]3CC[C@@H](C2)C3N(C)C)c1. The molecule has 1 saturated heterocycles. The van der Waals surface area contributed by atoms with Crippen molar-refractivity contribution in [2.24, 2.45) is 11.8 Å². The summed E-state index contributed by atoms with van der Waals surface area (Å²) in [4.78, 5) is 17.0. The summed E-state index contributed by atoms with van der Waals surface area (Å²) in [5.74, 6) is 1.96. The molecule has 1 aromatic carbocycles. The monoisotopic (exact) mass is 317 g/mol. The lowest BCUT2D eigenvalue weighted by Crippen LogP contribution is -2.53. The van der Waals surface area contributed by atoms with Crippen molar-refractivity contribution in [1.29, 1.82) is 0 Å². The van der Waals surface area contributed by atoms with Gasteiger partial charge in [0.05, 0.1) is 7.11 Å². The number of nitrogens with zero attached hydrogens (tertiary/aromatic N) is 2. The van der Waals surface area contributed by atoms with Crippen LogP contribution in [-0.2, 0) is 0 Å². The first-order chi connectivity index (χ1) is 11.0. The van der Waals surface area contributed by atoms with E-state index < -0.39 is 0 Å². The maximum atomic E-state index is 12.7. The van der Waals surface area contributed by atoms with Gasteiger partial charge in [-0.25, -0.2) is 4.79 Å². The molecule has 126 valence electrons. The average molecular weight is 317 g/mol. The molecule has 1 aromatic rings. The molecule has 3 atom stereocenters. The van der Waals surface area contributed by atoms with Gasteiger partial charge in [-0.05, 0) is 57.3 Å². The summed E-state index contributed by atoms with van der Waals surface area (Å²) in [7, 11) is 5.95. The van der Waals surface area contributed by atoms with E-state index in [0.717, 1.165) is 30.1 Å². The van der Waals surface area contributed by atoms with Crippen molar-refractivity contribution in [2.45, 2.75) is 25.8 Å². The minimum Gasteiger partial charge on any atom is -0.497 e. The molecule has 1 aliphatic carbocycles. The molecule has 0 radical (unpaired) electrons. The van der Waals surface area contributed by atoms with Gasteiger partial charge >= 0.3 is 6.03 Å². The van der Waals surface area contributed by atoms with Crippen molar-refractivity contribution in [3.05, 3.63) is 23.8 Å². The molecule has 2 aliphatic rings. The second kappa shape index (κ2) is 6.40.